The molecule has 1 saturated heterocycles. The number of piperazine rings is 1. The predicted octanol–water partition coefficient (Wildman–Crippen LogP) is 1.49. The van der Waals surface area contributed by atoms with E-state index < -0.39 is 0 Å². The van der Waals surface area contributed by atoms with Crippen LogP contribution in [-0.2, 0) is 0 Å². The summed E-state index contributed by atoms with van der Waals surface area (Å²) in [7, 11) is 0. The Labute approximate surface area is 103 Å². The number of rotatable bonds is 3. The Bertz CT molecular complexity index is 322. The predicted molar refractivity (Wildman–Crippen MR) is 73.0 cm³/mol. The molecule has 0 saturated carbocycles. The van der Waals surface area contributed by atoms with Crippen molar-refractivity contribution in [1.29, 1.82) is 0 Å². The summed E-state index contributed by atoms with van der Waals surface area (Å²) in [4.78, 5) is 4.33. The van der Waals surface area contributed by atoms with Gasteiger partial charge in [0.2, 0.25) is 0 Å². The van der Waals surface area contributed by atoms with Gasteiger partial charge < -0.3 is 15.5 Å². The van der Waals surface area contributed by atoms with E-state index in [9.17, 15) is 0 Å². The highest BCUT2D eigenvalue weighted by molar-refractivity contribution is 7.80. The largest absolute Gasteiger partial charge is 0.376 e. The molecule has 1 aliphatic heterocycles. The standard InChI is InChI=1S/C12H19N3S/c1-4-6-11(5-2)15-8-7-14(12(13)16)9-10(15)3/h4-6,10H,1-2,7-9H2,3H3,(H2,13,16)/b11-6+. The van der Waals surface area contributed by atoms with E-state index in [1.165, 1.54) is 0 Å². The lowest BCUT2D eigenvalue weighted by Crippen LogP contribution is -2.54. The minimum Gasteiger partial charge on any atom is -0.376 e. The van der Waals surface area contributed by atoms with E-state index in [0.717, 1.165) is 25.3 Å². The molecule has 1 aliphatic rings. The molecule has 88 valence electrons. The normalized spacial score (nSPS) is 21.8. The fourth-order valence-electron chi connectivity index (χ4n) is 1.94. The monoisotopic (exact) mass is 237 g/mol. The molecule has 1 fully saturated rings. The first-order chi connectivity index (χ1) is 7.60. The average molecular weight is 237 g/mol. The van der Waals surface area contributed by atoms with Crippen molar-refractivity contribution in [2.75, 3.05) is 19.6 Å². The van der Waals surface area contributed by atoms with Crippen molar-refractivity contribution in [1.82, 2.24) is 9.80 Å². The molecule has 0 aromatic heterocycles. The van der Waals surface area contributed by atoms with Crippen molar-refractivity contribution < 1.29 is 0 Å². The molecule has 1 heterocycles. The summed E-state index contributed by atoms with van der Waals surface area (Å²) in [5, 5.41) is 0.486. The number of thiocarbonyl (C=S) groups is 1. The van der Waals surface area contributed by atoms with E-state index in [2.05, 4.69) is 25.0 Å². The number of nitrogens with zero attached hydrogens (tertiary/aromatic N) is 2. The Morgan fingerprint density at radius 3 is 2.56 bits per heavy atom. The zero-order valence-corrected chi connectivity index (χ0v) is 10.5. The van der Waals surface area contributed by atoms with Gasteiger partial charge in [-0.1, -0.05) is 19.2 Å². The molecule has 16 heavy (non-hydrogen) atoms. The van der Waals surface area contributed by atoms with Gasteiger partial charge in [-0.25, -0.2) is 0 Å². The van der Waals surface area contributed by atoms with Gasteiger partial charge in [-0.3, -0.25) is 0 Å². The summed E-state index contributed by atoms with van der Waals surface area (Å²) in [5.41, 5.74) is 6.73. The molecular weight excluding hydrogens is 218 g/mol. The Morgan fingerprint density at radius 1 is 1.44 bits per heavy atom. The van der Waals surface area contributed by atoms with Crippen LogP contribution in [0, 0.1) is 0 Å². The van der Waals surface area contributed by atoms with Crippen LogP contribution >= 0.6 is 12.2 Å². The van der Waals surface area contributed by atoms with Crippen molar-refractivity contribution in [3.63, 3.8) is 0 Å². The van der Waals surface area contributed by atoms with E-state index in [4.69, 9.17) is 18.0 Å². The summed E-state index contributed by atoms with van der Waals surface area (Å²) >= 11 is 4.99. The van der Waals surface area contributed by atoms with Gasteiger partial charge in [-0.2, -0.15) is 0 Å². The molecule has 0 radical (unpaired) electrons. The fraction of sp³-hybridized carbons (Fsp3) is 0.417. The third-order valence-electron chi connectivity index (χ3n) is 2.77. The average Bonchev–Trinajstić information content (AvgIpc) is 2.26. The van der Waals surface area contributed by atoms with Crippen molar-refractivity contribution in [2.24, 2.45) is 5.73 Å². The maximum absolute atomic E-state index is 5.63. The highest BCUT2D eigenvalue weighted by Gasteiger charge is 2.24. The van der Waals surface area contributed by atoms with Crippen molar-refractivity contribution in [2.45, 2.75) is 13.0 Å². The van der Waals surface area contributed by atoms with Gasteiger partial charge >= 0.3 is 0 Å². The van der Waals surface area contributed by atoms with Crippen molar-refractivity contribution in [3.8, 4) is 0 Å². The molecule has 1 rings (SSSR count). The highest BCUT2D eigenvalue weighted by atomic mass is 32.1. The first-order valence-corrected chi connectivity index (χ1v) is 5.77. The molecular formula is C12H19N3S. The summed E-state index contributed by atoms with van der Waals surface area (Å²) in [6.45, 7) is 12.3. The zero-order valence-electron chi connectivity index (χ0n) is 9.72. The summed E-state index contributed by atoms with van der Waals surface area (Å²) in [6.07, 6.45) is 5.61. The maximum Gasteiger partial charge on any atom is 0.166 e. The third-order valence-corrected chi connectivity index (χ3v) is 3.03. The molecule has 0 amide bonds. The van der Waals surface area contributed by atoms with Crippen molar-refractivity contribution in [3.05, 3.63) is 37.1 Å². The van der Waals surface area contributed by atoms with Crippen LogP contribution in [0.25, 0.3) is 0 Å². The third kappa shape index (κ3) is 2.85. The number of hydrogen-bond acceptors (Lipinski definition) is 2. The van der Waals surface area contributed by atoms with Crippen LogP contribution < -0.4 is 5.73 Å². The number of allylic oxidation sites excluding steroid dienone is 3. The van der Waals surface area contributed by atoms with Crippen LogP contribution in [0.1, 0.15) is 6.92 Å². The Morgan fingerprint density at radius 2 is 2.12 bits per heavy atom. The Kier molecular flexibility index (Phi) is 4.55. The smallest absolute Gasteiger partial charge is 0.166 e. The molecule has 3 nitrogen and oxygen atoms in total. The second-order valence-electron chi connectivity index (χ2n) is 3.86. The number of hydrogen-bond donors (Lipinski definition) is 1. The maximum atomic E-state index is 5.63. The van der Waals surface area contributed by atoms with E-state index in [-0.39, 0.29) is 0 Å². The van der Waals surface area contributed by atoms with Crippen LogP contribution in [-0.4, -0.2) is 40.6 Å². The van der Waals surface area contributed by atoms with E-state index in [1.807, 2.05) is 17.1 Å². The SMILES string of the molecule is C=C/C=C(\C=C)N1CCN(C(N)=S)CC1C. The second kappa shape index (κ2) is 5.70. The van der Waals surface area contributed by atoms with Crippen LogP contribution in [0.2, 0.25) is 0 Å². The van der Waals surface area contributed by atoms with Crippen LogP contribution in [0.4, 0.5) is 0 Å². The highest BCUT2D eigenvalue weighted by Crippen LogP contribution is 2.16. The fourth-order valence-corrected chi connectivity index (χ4v) is 2.11. The molecule has 0 bridgehead atoms. The van der Waals surface area contributed by atoms with E-state index in [1.54, 1.807) is 6.08 Å². The summed E-state index contributed by atoms with van der Waals surface area (Å²) < 4.78 is 0. The lowest BCUT2D eigenvalue weighted by atomic mass is 10.1. The molecule has 0 aromatic carbocycles. The molecule has 4 heteroatoms. The molecule has 2 N–H and O–H groups in total. The van der Waals surface area contributed by atoms with Gasteiger partial charge in [0, 0.05) is 31.4 Å². The molecule has 0 aromatic rings. The van der Waals surface area contributed by atoms with Gasteiger partial charge in [0.05, 0.1) is 0 Å². The minimum atomic E-state index is 0.374. The molecule has 0 aliphatic carbocycles. The Balaban J connectivity index is 2.73. The lowest BCUT2D eigenvalue weighted by molar-refractivity contribution is 0.165. The molecule has 0 spiro atoms. The Hall–Kier alpha value is -1.29. The topological polar surface area (TPSA) is 32.5 Å². The first kappa shape index (κ1) is 12.8. The van der Waals surface area contributed by atoms with Crippen LogP contribution in [0.15, 0.2) is 37.1 Å². The van der Waals surface area contributed by atoms with Crippen LogP contribution in [0.5, 0.6) is 0 Å². The minimum absolute atomic E-state index is 0.374. The van der Waals surface area contributed by atoms with Gasteiger partial charge in [0.15, 0.2) is 5.11 Å². The van der Waals surface area contributed by atoms with Gasteiger partial charge in [-0.05, 0) is 31.3 Å². The first-order valence-electron chi connectivity index (χ1n) is 5.36. The lowest BCUT2D eigenvalue weighted by Gasteiger charge is -2.42. The summed E-state index contributed by atoms with van der Waals surface area (Å²) in [6, 6.07) is 0.374. The summed E-state index contributed by atoms with van der Waals surface area (Å²) in [5.74, 6) is 0. The van der Waals surface area contributed by atoms with Crippen molar-refractivity contribution >= 4 is 17.3 Å². The quantitative estimate of drug-likeness (QED) is 0.595. The zero-order chi connectivity index (χ0) is 12.1. The molecule has 1 unspecified atom stereocenters. The van der Waals surface area contributed by atoms with Gasteiger partial charge in [0.25, 0.3) is 0 Å². The van der Waals surface area contributed by atoms with E-state index >= 15 is 0 Å². The molecule has 1 atom stereocenters. The van der Waals surface area contributed by atoms with Gasteiger partial charge in [0.1, 0.15) is 0 Å². The van der Waals surface area contributed by atoms with E-state index in [0.29, 0.717) is 11.2 Å². The van der Waals surface area contributed by atoms with Crippen LogP contribution in [0.3, 0.4) is 0 Å². The number of nitrogens with two attached hydrogens (primary N) is 1. The second-order valence-corrected chi connectivity index (χ2v) is 4.28. The van der Waals surface area contributed by atoms with Gasteiger partial charge in [-0.15, -0.1) is 0 Å².